The van der Waals surface area contributed by atoms with Crippen LogP contribution in [-0.4, -0.2) is 28.5 Å². The van der Waals surface area contributed by atoms with Crippen molar-refractivity contribution < 1.29 is 5.11 Å². The Morgan fingerprint density at radius 3 is 2.69 bits per heavy atom. The lowest BCUT2D eigenvalue weighted by molar-refractivity contribution is 0.251. The maximum atomic E-state index is 9.03. The van der Waals surface area contributed by atoms with Crippen molar-refractivity contribution in [3.8, 4) is 0 Å². The van der Waals surface area contributed by atoms with Gasteiger partial charge in [0.05, 0.1) is 18.8 Å². The predicted molar refractivity (Wildman–Crippen MR) is 51.5 cm³/mol. The fourth-order valence-corrected chi connectivity index (χ4v) is 1.18. The maximum Gasteiger partial charge on any atom is 0.0627 e. The molecule has 74 valence electrons. The van der Waals surface area contributed by atoms with Crippen molar-refractivity contribution in [3.63, 3.8) is 0 Å². The normalized spacial score (nSPS) is 13.6. The summed E-state index contributed by atoms with van der Waals surface area (Å²) >= 11 is 0. The largest absolute Gasteiger partial charge is 0.394 e. The zero-order chi connectivity index (χ0) is 9.84. The van der Waals surface area contributed by atoms with E-state index < -0.39 is 0 Å². The first-order valence-electron chi connectivity index (χ1n) is 4.51. The molecule has 0 aliphatic carbocycles. The summed E-state index contributed by atoms with van der Waals surface area (Å²) in [5.74, 6) is 0. The van der Waals surface area contributed by atoms with E-state index in [-0.39, 0.29) is 12.6 Å². The smallest absolute Gasteiger partial charge is 0.0627 e. The van der Waals surface area contributed by atoms with Crippen LogP contribution >= 0.6 is 0 Å². The van der Waals surface area contributed by atoms with Crippen molar-refractivity contribution >= 4 is 0 Å². The van der Waals surface area contributed by atoms with Crippen LogP contribution in [0.25, 0.3) is 0 Å². The van der Waals surface area contributed by atoms with Gasteiger partial charge in [-0.3, -0.25) is 4.68 Å². The first-order valence-corrected chi connectivity index (χ1v) is 4.51. The van der Waals surface area contributed by atoms with E-state index in [0.717, 1.165) is 5.56 Å². The van der Waals surface area contributed by atoms with Crippen molar-refractivity contribution in [2.24, 2.45) is 0 Å². The first kappa shape index (κ1) is 10.2. The number of aromatic nitrogens is 2. The molecule has 4 nitrogen and oxygen atoms in total. The van der Waals surface area contributed by atoms with Crippen LogP contribution < -0.4 is 5.32 Å². The molecular formula is C9H17N3O. The molecule has 1 aromatic heterocycles. The van der Waals surface area contributed by atoms with E-state index in [9.17, 15) is 0 Å². The molecule has 0 aliphatic heterocycles. The number of nitrogens with zero attached hydrogens (tertiary/aromatic N) is 2. The maximum absolute atomic E-state index is 9.03. The van der Waals surface area contributed by atoms with Gasteiger partial charge in [0.25, 0.3) is 0 Å². The predicted octanol–water partition coefficient (Wildman–Crippen LogP) is 0.717. The fourth-order valence-electron chi connectivity index (χ4n) is 1.18. The van der Waals surface area contributed by atoms with Gasteiger partial charge in [-0.2, -0.15) is 5.10 Å². The summed E-state index contributed by atoms with van der Waals surface area (Å²) in [5.41, 5.74) is 1.03. The Hall–Kier alpha value is -0.870. The lowest BCUT2D eigenvalue weighted by Gasteiger charge is -2.10. The number of likely N-dealkylation sites (N-methyl/N-ethyl adjacent to an activating group) is 1. The van der Waals surface area contributed by atoms with Gasteiger partial charge in [0.1, 0.15) is 0 Å². The molecule has 1 atom stereocenters. The molecule has 0 aromatic carbocycles. The van der Waals surface area contributed by atoms with Crippen molar-refractivity contribution in [2.45, 2.75) is 25.9 Å². The molecular weight excluding hydrogens is 166 g/mol. The molecule has 4 heteroatoms. The molecule has 0 saturated heterocycles. The summed E-state index contributed by atoms with van der Waals surface area (Å²) in [7, 11) is 1.83. The molecule has 0 amide bonds. The average Bonchev–Trinajstić information content (AvgIpc) is 2.56. The Morgan fingerprint density at radius 1 is 1.62 bits per heavy atom. The minimum atomic E-state index is -0.00694. The van der Waals surface area contributed by atoms with Crippen molar-refractivity contribution in [3.05, 3.63) is 18.0 Å². The minimum absolute atomic E-state index is 0.00694. The van der Waals surface area contributed by atoms with E-state index in [2.05, 4.69) is 24.3 Å². The lowest BCUT2D eigenvalue weighted by Crippen LogP contribution is -2.19. The van der Waals surface area contributed by atoms with E-state index in [4.69, 9.17) is 5.11 Å². The summed E-state index contributed by atoms with van der Waals surface area (Å²) in [6, 6.07) is 0.359. The van der Waals surface area contributed by atoms with Gasteiger partial charge in [0.2, 0.25) is 0 Å². The standard InChI is InChI=1S/C9H17N3O/c1-7(2)12-5-8(4-11-12)9(6-13)10-3/h4-5,7,9-10,13H,6H2,1-3H3. The van der Waals surface area contributed by atoms with Crippen LogP contribution in [0, 0.1) is 0 Å². The third-order valence-corrected chi connectivity index (χ3v) is 2.08. The Morgan fingerprint density at radius 2 is 2.31 bits per heavy atom. The van der Waals surface area contributed by atoms with Gasteiger partial charge in [-0.05, 0) is 20.9 Å². The molecule has 1 unspecified atom stereocenters. The van der Waals surface area contributed by atoms with Crippen LogP contribution in [0.3, 0.4) is 0 Å². The van der Waals surface area contributed by atoms with Crippen molar-refractivity contribution in [2.75, 3.05) is 13.7 Å². The highest BCUT2D eigenvalue weighted by atomic mass is 16.3. The van der Waals surface area contributed by atoms with Crippen molar-refractivity contribution in [1.29, 1.82) is 0 Å². The highest BCUT2D eigenvalue weighted by Crippen LogP contribution is 2.12. The van der Waals surface area contributed by atoms with Crippen LogP contribution in [-0.2, 0) is 0 Å². The number of hydrogen-bond donors (Lipinski definition) is 2. The van der Waals surface area contributed by atoms with E-state index in [1.165, 1.54) is 0 Å². The van der Waals surface area contributed by atoms with Crippen molar-refractivity contribution in [1.82, 2.24) is 15.1 Å². The molecule has 1 heterocycles. The molecule has 1 rings (SSSR count). The van der Waals surface area contributed by atoms with E-state index in [0.29, 0.717) is 6.04 Å². The molecule has 0 bridgehead atoms. The van der Waals surface area contributed by atoms with Crippen LogP contribution in [0.4, 0.5) is 0 Å². The molecule has 0 aliphatic rings. The van der Waals surface area contributed by atoms with Crippen LogP contribution in [0.1, 0.15) is 31.5 Å². The van der Waals surface area contributed by atoms with E-state index >= 15 is 0 Å². The molecule has 13 heavy (non-hydrogen) atoms. The third-order valence-electron chi connectivity index (χ3n) is 2.08. The highest BCUT2D eigenvalue weighted by Gasteiger charge is 2.10. The molecule has 0 radical (unpaired) electrons. The molecule has 2 N–H and O–H groups in total. The van der Waals surface area contributed by atoms with Gasteiger partial charge < -0.3 is 10.4 Å². The van der Waals surface area contributed by atoms with Gasteiger partial charge in [0.15, 0.2) is 0 Å². The molecule has 0 fully saturated rings. The fraction of sp³-hybridized carbons (Fsp3) is 0.667. The van der Waals surface area contributed by atoms with Gasteiger partial charge >= 0.3 is 0 Å². The highest BCUT2D eigenvalue weighted by molar-refractivity contribution is 5.10. The summed E-state index contributed by atoms with van der Waals surface area (Å²) < 4.78 is 1.88. The monoisotopic (exact) mass is 183 g/mol. The SMILES string of the molecule is CNC(CO)c1cnn(C(C)C)c1. The van der Waals surface area contributed by atoms with Gasteiger partial charge in [0, 0.05) is 17.8 Å². The third kappa shape index (κ3) is 2.29. The van der Waals surface area contributed by atoms with Crippen LogP contribution in [0.5, 0.6) is 0 Å². The summed E-state index contributed by atoms with van der Waals surface area (Å²) in [6.45, 7) is 4.24. The summed E-state index contributed by atoms with van der Waals surface area (Å²) in [6.07, 6.45) is 3.75. The minimum Gasteiger partial charge on any atom is -0.394 e. The Labute approximate surface area is 78.6 Å². The van der Waals surface area contributed by atoms with Gasteiger partial charge in [-0.25, -0.2) is 0 Å². The topological polar surface area (TPSA) is 50.1 Å². The second kappa shape index (κ2) is 4.39. The first-order chi connectivity index (χ1) is 6.19. The second-order valence-corrected chi connectivity index (χ2v) is 3.37. The number of aliphatic hydroxyl groups excluding tert-OH is 1. The lowest BCUT2D eigenvalue weighted by atomic mass is 10.2. The number of rotatable bonds is 4. The number of nitrogens with one attached hydrogen (secondary N) is 1. The molecule has 0 saturated carbocycles. The van der Waals surface area contributed by atoms with Gasteiger partial charge in [-0.15, -0.1) is 0 Å². The zero-order valence-electron chi connectivity index (χ0n) is 8.36. The van der Waals surface area contributed by atoms with Gasteiger partial charge in [-0.1, -0.05) is 0 Å². The number of aliphatic hydroxyl groups is 1. The quantitative estimate of drug-likeness (QED) is 0.723. The van der Waals surface area contributed by atoms with Crippen LogP contribution in [0.15, 0.2) is 12.4 Å². The van der Waals surface area contributed by atoms with E-state index in [1.54, 1.807) is 6.20 Å². The Bertz CT molecular complexity index is 253. The Balaban J connectivity index is 2.78. The van der Waals surface area contributed by atoms with E-state index in [1.807, 2.05) is 17.9 Å². The van der Waals surface area contributed by atoms with Crippen LogP contribution in [0.2, 0.25) is 0 Å². The number of hydrogen-bond acceptors (Lipinski definition) is 3. The molecule has 1 aromatic rings. The summed E-state index contributed by atoms with van der Waals surface area (Å²) in [4.78, 5) is 0. The second-order valence-electron chi connectivity index (χ2n) is 3.37. The molecule has 0 spiro atoms. The average molecular weight is 183 g/mol. The Kier molecular flexibility index (Phi) is 3.45. The summed E-state index contributed by atoms with van der Waals surface area (Å²) in [5, 5.41) is 16.2. The zero-order valence-corrected chi connectivity index (χ0v) is 8.36.